The number of halogens is 6. The van der Waals surface area contributed by atoms with Gasteiger partial charge in [0.15, 0.2) is 0 Å². The van der Waals surface area contributed by atoms with E-state index in [1.54, 1.807) is 11.8 Å². The Balaban J connectivity index is 1.85. The highest BCUT2D eigenvalue weighted by molar-refractivity contribution is 7.91. The summed E-state index contributed by atoms with van der Waals surface area (Å²) in [5, 5.41) is 11.1. The zero-order valence-electron chi connectivity index (χ0n) is 16.6. The van der Waals surface area contributed by atoms with Crippen LogP contribution in [0.5, 0.6) is 0 Å². The molecular formula is C18H19F6N3O3S2. The number of anilines is 1. The third-order valence-corrected chi connectivity index (χ3v) is 8.37. The van der Waals surface area contributed by atoms with E-state index in [4.69, 9.17) is 0 Å². The van der Waals surface area contributed by atoms with Gasteiger partial charge in [-0.3, -0.25) is 0 Å². The molecule has 6 nitrogen and oxygen atoms in total. The number of piperazine rings is 1. The first kappa shape index (κ1) is 24.7. The number of thiazole rings is 1. The second-order valence-corrected chi connectivity index (χ2v) is 10.2. The average Bonchev–Trinajstić information content (AvgIpc) is 3.27. The van der Waals surface area contributed by atoms with Crippen molar-refractivity contribution in [1.29, 1.82) is 0 Å². The maximum absolute atomic E-state index is 13.1. The van der Waals surface area contributed by atoms with Gasteiger partial charge in [0, 0.05) is 48.5 Å². The van der Waals surface area contributed by atoms with Crippen LogP contribution in [0.1, 0.15) is 18.9 Å². The fourth-order valence-corrected chi connectivity index (χ4v) is 6.00. The van der Waals surface area contributed by atoms with E-state index < -0.39 is 33.5 Å². The summed E-state index contributed by atoms with van der Waals surface area (Å²) in [6, 6.07) is 2.92. The van der Waals surface area contributed by atoms with Crippen LogP contribution in [0.2, 0.25) is 0 Å². The summed E-state index contributed by atoms with van der Waals surface area (Å²) in [4.78, 5) is 5.55. The van der Waals surface area contributed by atoms with Crippen LogP contribution in [-0.4, -0.2) is 60.8 Å². The van der Waals surface area contributed by atoms with Crippen LogP contribution in [0, 0.1) is 0 Å². The lowest BCUT2D eigenvalue weighted by molar-refractivity contribution is -0.376. The lowest BCUT2D eigenvalue weighted by Crippen LogP contribution is -2.55. The lowest BCUT2D eigenvalue weighted by atomic mass is 9.92. The Bertz CT molecular complexity index is 1010. The van der Waals surface area contributed by atoms with Crippen LogP contribution >= 0.6 is 11.3 Å². The molecule has 1 aliphatic rings. The Labute approximate surface area is 184 Å². The minimum atomic E-state index is -5.96. The normalized spacial score (nSPS) is 19.4. The van der Waals surface area contributed by atoms with E-state index in [2.05, 4.69) is 4.98 Å². The molecule has 0 bridgehead atoms. The van der Waals surface area contributed by atoms with Gasteiger partial charge in [0.25, 0.3) is 15.6 Å². The summed E-state index contributed by atoms with van der Waals surface area (Å²) < 4.78 is 105. The van der Waals surface area contributed by atoms with Gasteiger partial charge >= 0.3 is 12.4 Å². The standard InChI is InChI=1S/C18H19F6N3O3S2/c1-2-13-11-26(32(29,30)15-25-7-10-31-15)8-9-27(13)14-5-3-12(4-6-14)16(28,17(19,20)21)18(22,23)24/h3-7,10,13,28H,2,8-9,11H2,1H3/t13-/m0/s1. The molecule has 0 radical (unpaired) electrons. The van der Waals surface area contributed by atoms with Crippen LogP contribution in [0.15, 0.2) is 40.2 Å². The van der Waals surface area contributed by atoms with Gasteiger partial charge in [-0.1, -0.05) is 19.1 Å². The molecule has 0 unspecified atom stereocenters. The number of sulfonamides is 1. The Kier molecular flexibility index (Phi) is 6.54. The average molecular weight is 503 g/mol. The quantitative estimate of drug-likeness (QED) is 0.630. The molecular weight excluding hydrogens is 484 g/mol. The number of benzene rings is 1. The van der Waals surface area contributed by atoms with Gasteiger partial charge in [-0.2, -0.15) is 30.6 Å². The second kappa shape index (κ2) is 8.47. The maximum Gasteiger partial charge on any atom is 0.430 e. The van der Waals surface area contributed by atoms with E-state index in [0.29, 0.717) is 24.2 Å². The Hall–Kier alpha value is -1.90. The van der Waals surface area contributed by atoms with Gasteiger partial charge < -0.3 is 10.0 Å². The molecule has 1 saturated heterocycles. The van der Waals surface area contributed by atoms with Gasteiger partial charge in [-0.25, -0.2) is 13.4 Å². The molecule has 3 rings (SSSR count). The molecule has 1 aromatic carbocycles. The predicted molar refractivity (Wildman–Crippen MR) is 105 cm³/mol. The van der Waals surface area contributed by atoms with Crippen molar-refractivity contribution in [3.8, 4) is 0 Å². The molecule has 2 heterocycles. The van der Waals surface area contributed by atoms with Crippen molar-refractivity contribution < 1.29 is 39.9 Å². The van der Waals surface area contributed by atoms with Gasteiger partial charge in [-0.05, 0) is 18.6 Å². The highest BCUT2D eigenvalue weighted by Crippen LogP contribution is 2.50. The highest BCUT2D eigenvalue weighted by Gasteiger charge is 2.71. The monoisotopic (exact) mass is 503 g/mol. The van der Waals surface area contributed by atoms with Gasteiger partial charge in [0.05, 0.1) is 0 Å². The Morgan fingerprint density at radius 3 is 2.16 bits per heavy atom. The maximum atomic E-state index is 13.1. The number of aromatic nitrogens is 1. The van der Waals surface area contributed by atoms with Crippen molar-refractivity contribution in [3.63, 3.8) is 0 Å². The van der Waals surface area contributed by atoms with Gasteiger partial charge in [0.2, 0.25) is 4.34 Å². The molecule has 0 spiro atoms. The van der Waals surface area contributed by atoms with E-state index in [1.165, 1.54) is 15.9 Å². The van der Waals surface area contributed by atoms with Crippen LogP contribution in [0.3, 0.4) is 0 Å². The number of nitrogens with zero attached hydrogens (tertiary/aromatic N) is 3. The van der Waals surface area contributed by atoms with E-state index >= 15 is 0 Å². The molecule has 0 amide bonds. The van der Waals surface area contributed by atoms with Crippen molar-refractivity contribution in [2.45, 2.75) is 41.7 Å². The van der Waals surface area contributed by atoms with Crippen molar-refractivity contribution in [2.75, 3.05) is 24.5 Å². The third-order valence-electron chi connectivity index (χ3n) is 5.32. The molecule has 2 aromatic rings. The number of aliphatic hydroxyl groups is 1. The summed E-state index contributed by atoms with van der Waals surface area (Å²) in [7, 11) is -3.80. The van der Waals surface area contributed by atoms with E-state index in [1.807, 2.05) is 0 Å². The van der Waals surface area contributed by atoms with E-state index in [-0.39, 0.29) is 30.0 Å². The first-order chi connectivity index (χ1) is 14.7. The molecule has 178 valence electrons. The Morgan fingerprint density at radius 2 is 1.69 bits per heavy atom. The van der Waals surface area contributed by atoms with Crippen molar-refractivity contribution in [2.24, 2.45) is 0 Å². The molecule has 14 heteroatoms. The molecule has 0 saturated carbocycles. The minimum Gasteiger partial charge on any atom is -0.369 e. The fraction of sp³-hybridized carbons (Fsp3) is 0.500. The van der Waals surface area contributed by atoms with Gasteiger partial charge in [0.1, 0.15) is 0 Å². The lowest BCUT2D eigenvalue weighted by Gasteiger charge is -2.42. The predicted octanol–water partition coefficient (Wildman–Crippen LogP) is 3.74. The third kappa shape index (κ3) is 4.20. The molecule has 32 heavy (non-hydrogen) atoms. The summed E-state index contributed by atoms with van der Waals surface area (Å²) in [6.07, 6.45) is -10.1. The first-order valence-corrected chi connectivity index (χ1v) is 11.7. The fourth-order valence-electron chi connectivity index (χ4n) is 3.56. The van der Waals surface area contributed by atoms with E-state index in [9.17, 15) is 39.9 Å². The van der Waals surface area contributed by atoms with Crippen LogP contribution in [0.4, 0.5) is 32.0 Å². The van der Waals surface area contributed by atoms with Crippen LogP contribution < -0.4 is 4.90 Å². The number of alkyl halides is 6. The van der Waals surface area contributed by atoms with Crippen molar-refractivity contribution >= 4 is 27.0 Å². The SMILES string of the molecule is CC[C@H]1CN(S(=O)(=O)c2nccs2)CCN1c1ccc(C(O)(C(F)(F)F)C(F)(F)F)cc1. The summed E-state index contributed by atoms with van der Waals surface area (Å²) in [6.45, 7) is 2.10. The smallest absolute Gasteiger partial charge is 0.369 e. The van der Waals surface area contributed by atoms with Crippen molar-refractivity contribution in [1.82, 2.24) is 9.29 Å². The topological polar surface area (TPSA) is 73.7 Å². The van der Waals surface area contributed by atoms with E-state index in [0.717, 1.165) is 23.5 Å². The second-order valence-electron chi connectivity index (χ2n) is 7.17. The van der Waals surface area contributed by atoms with Crippen LogP contribution in [-0.2, 0) is 15.6 Å². The Morgan fingerprint density at radius 1 is 1.09 bits per heavy atom. The number of hydrogen-bond acceptors (Lipinski definition) is 6. The van der Waals surface area contributed by atoms with Crippen molar-refractivity contribution in [3.05, 3.63) is 41.4 Å². The minimum absolute atomic E-state index is 0.0521. The summed E-state index contributed by atoms with van der Waals surface area (Å²) >= 11 is 0.975. The molecule has 0 aliphatic carbocycles. The number of hydrogen-bond donors (Lipinski definition) is 1. The zero-order valence-corrected chi connectivity index (χ0v) is 18.2. The summed E-state index contributed by atoms with van der Waals surface area (Å²) in [5.41, 5.74) is -6.03. The van der Waals surface area contributed by atoms with Crippen LogP contribution in [0.25, 0.3) is 0 Å². The highest BCUT2D eigenvalue weighted by atomic mass is 32.2. The zero-order chi connectivity index (χ0) is 23.9. The molecule has 1 aromatic heterocycles. The number of rotatable bonds is 5. The molecule has 1 fully saturated rings. The molecule has 1 atom stereocenters. The largest absolute Gasteiger partial charge is 0.430 e. The molecule has 1 N–H and O–H groups in total. The molecule has 1 aliphatic heterocycles. The first-order valence-electron chi connectivity index (χ1n) is 9.36. The summed E-state index contributed by atoms with van der Waals surface area (Å²) in [5.74, 6) is 0. The van der Waals surface area contributed by atoms with Gasteiger partial charge in [-0.15, -0.1) is 11.3 Å².